The smallest absolute Gasteiger partial charge is 0.258 e. The Balaban J connectivity index is 1.51. The molecule has 0 aliphatic carbocycles. The van der Waals surface area contributed by atoms with Crippen LogP contribution < -0.4 is 0 Å². The Morgan fingerprint density at radius 2 is 1.85 bits per heavy atom. The van der Waals surface area contributed by atoms with Crippen molar-refractivity contribution in [3.63, 3.8) is 0 Å². The molecule has 2 heterocycles. The number of rotatable bonds is 6. The first-order chi connectivity index (χ1) is 13.1. The van der Waals surface area contributed by atoms with Gasteiger partial charge in [0.25, 0.3) is 5.89 Å². The molecular formula is C22H22FN3O. The van der Waals surface area contributed by atoms with E-state index in [9.17, 15) is 4.39 Å². The molecule has 3 aromatic rings. The van der Waals surface area contributed by atoms with Gasteiger partial charge in [-0.25, -0.2) is 4.39 Å². The molecule has 1 aliphatic rings. The molecule has 0 spiro atoms. The predicted octanol–water partition coefficient (Wildman–Crippen LogP) is 5.07. The Kier molecular flexibility index (Phi) is 4.75. The van der Waals surface area contributed by atoms with Gasteiger partial charge in [0, 0.05) is 29.8 Å². The molecule has 5 heteroatoms. The summed E-state index contributed by atoms with van der Waals surface area (Å²) < 4.78 is 19.8. The lowest BCUT2D eigenvalue weighted by atomic mass is 10.0. The van der Waals surface area contributed by atoms with Crippen molar-refractivity contribution in [3.05, 3.63) is 71.7 Å². The van der Waals surface area contributed by atoms with Crippen molar-refractivity contribution >= 4 is 0 Å². The molecule has 0 bridgehead atoms. The third-order valence-corrected chi connectivity index (χ3v) is 4.61. The van der Waals surface area contributed by atoms with Crippen LogP contribution in [0.25, 0.3) is 22.8 Å². The van der Waals surface area contributed by atoms with Crippen molar-refractivity contribution in [2.45, 2.75) is 26.8 Å². The van der Waals surface area contributed by atoms with Crippen LogP contribution >= 0.6 is 0 Å². The summed E-state index contributed by atoms with van der Waals surface area (Å²) in [5.41, 5.74) is 3.42. The molecule has 0 amide bonds. The highest BCUT2D eigenvalue weighted by Gasteiger charge is 2.14. The molecule has 1 aliphatic heterocycles. The van der Waals surface area contributed by atoms with Gasteiger partial charge in [-0.15, -0.1) is 0 Å². The molecule has 27 heavy (non-hydrogen) atoms. The van der Waals surface area contributed by atoms with E-state index in [1.165, 1.54) is 11.6 Å². The van der Waals surface area contributed by atoms with Crippen LogP contribution in [0.2, 0.25) is 0 Å². The lowest BCUT2D eigenvalue weighted by Gasteiger charge is -2.25. The summed E-state index contributed by atoms with van der Waals surface area (Å²) in [5, 5.41) is 4.02. The molecule has 0 atom stereocenters. The van der Waals surface area contributed by atoms with Gasteiger partial charge in [-0.1, -0.05) is 43.3 Å². The van der Waals surface area contributed by atoms with Crippen molar-refractivity contribution in [3.8, 4) is 22.8 Å². The highest BCUT2D eigenvalue weighted by Crippen LogP contribution is 2.25. The number of benzene rings is 2. The topological polar surface area (TPSA) is 42.2 Å². The Morgan fingerprint density at radius 1 is 1.11 bits per heavy atom. The van der Waals surface area contributed by atoms with Gasteiger partial charge < -0.3 is 9.42 Å². The molecule has 0 unspecified atom stereocenters. The van der Waals surface area contributed by atoms with Crippen LogP contribution in [0.4, 0.5) is 4.39 Å². The second-order valence-corrected chi connectivity index (χ2v) is 7.34. The van der Waals surface area contributed by atoms with Crippen LogP contribution in [0.3, 0.4) is 0 Å². The van der Waals surface area contributed by atoms with E-state index < -0.39 is 0 Å². The third-order valence-electron chi connectivity index (χ3n) is 4.61. The first kappa shape index (κ1) is 17.5. The number of hydrogen-bond acceptors (Lipinski definition) is 4. The van der Waals surface area contributed by atoms with Crippen LogP contribution in [0, 0.1) is 11.7 Å². The highest BCUT2D eigenvalue weighted by atomic mass is 19.1. The van der Waals surface area contributed by atoms with Gasteiger partial charge >= 0.3 is 0 Å². The number of aromatic nitrogens is 2. The van der Waals surface area contributed by atoms with Crippen LogP contribution in [0.15, 0.2) is 59.3 Å². The van der Waals surface area contributed by atoms with Gasteiger partial charge in [-0.2, -0.15) is 4.98 Å². The Labute approximate surface area is 158 Å². The predicted molar refractivity (Wildman–Crippen MR) is 103 cm³/mol. The summed E-state index contributed by atoms with van der Waals surface area (Å²) in [7, 11) is 0. The SMILES string of the molecule is CC(C)Cc1ccc(-c2nc(-c3ccc(CN4C=CC4)c(F)c3)no2)cc1. The van der Waals surface area contributed by atoms with Crippen molar-refractivity contribution in [1.29, 1.82) is 0 Å². The Bertz CT molecular complexity index is 960. The molecular weight excluding hydrogens is 341 g/mol. The summed E-state index contributed by atoms with van der Waals surface area (Å²) in [6.07, 6.45) is 5.04. The average Bonchev–Trinajstić information content (AvgIpc) is 3.09. The van der Waals surface area contributed by atoms with E-state index in [2.05, 4.69) is 36.1 Å². The van der Waals surface area contributed by atoms with Gasteiger partial charge in [0.2, 0.25) is 5.82 Å². The van der Waals surface area contributed by atoms with Gasteiger partial charge in [0.15, 0.2) is 0 Å². The molecule has 2 aromatic carbocycles. The summed E-state index contributed by atoms with van der Waals surface area (Å²) in [4.78, 5) is 6.48. The van der Waals surface area contributed by atoms with Gasteiger partial charge in [0.1, 0.15) is 5.82 Å². The number of halogens is 1. The van der Waals surface area contributed by atoms with E-state index >= 15 is 0 Å². The van der Waals surface area contributed by atoms with E-state index in [0.29, 0.717) is 35.3 Å². The highest BCUT2D eigenvalue weighted by molar-refractivity contribution is 5.60. The standard InChI is InChI=1S/C22H22FN3O/c1-15(2)12-16-4-6-17(7-5-16)22-24-21(25-27-22)18-8-9-19(20(23)13-18)14-26-10-3-11-26/h3-10,13,15H,11-12,14H2,1-2H3. The summed E-state index contributed by atoms with van der Waals surface area (Å²) in [5.74, 6) is 1.19. The largest absolute Gasteiger partial charge is 0.369 e. The fraction of sp³-hybridized carbons (Fsp3) is 0.273. The van der Waals surface area contributed by atoms with Crippen LogP contribution in [-0.4, -0.2) is 21.6 Å². The minimum absolute atomic E-state index is 0.253. The van der Waals surface area contributed by atoms with Crippen LogP contribution in [0.1, 0.15) is 25.0 Å². The maximum absolute atomic E-state index is 14.4. The zero-order chi connectivity index (χ0) is 18.8. The summed E-state index contributed by atoms with van der Waals surface area (Å²) in [6, 6.07) is 13.2. The van der Waals surface area contributed by atoms with E-state index in [1.54, 1.807) is 6.07 Å². The monoisotopic (exact) mass is 363 g/mol. The van der Waals surface area contributed by atoms with Gasteiger partial charge in [-0.3, -0.25) is 0 Å². The maximum Gasteiger partial charge on any atom is 0.258 e. The Hall–Kier alpha value is -2.95. The molecule has 1 aromatic heterocycles. The number of hydrogen-bond donors (Lipinski definition) is 0. The van der Waals surface area contributed by atoms with E-state index in [1.807, 2.05) is 35.4 Å². The zero-order valence-corrected chi connectivity index (χ0v) is 15.5. The first-order valence-electron chi connectivity index (χ1n) is 9.21. The van der Waals surface area contributed by atoms with Crippen LogP contribution in [0.5, 0.6) is 0 Å². The summed E-state index contributed by atoms with van der Waals surface area (Å²) in [6.45, 7) is 5.83. The van der Waals surface area contributed by atoms with Gasteiger partial charge in [-0.05, 0) is 48.4 Å². The van der Waals surface area contributed by atoms with E-state index in [4.69, 9.17) is 4.52 Å². The fourth-order valence-corrected chi connectivity index (χ4v) is 3.12. The summed E-state index contributed by atoms with van der Waals surface area (Å²) >= 11 is 0. The molecule has 0 radical (unpaired) electrons. The Morgan fingerprint density at radius 3 is 2.48 bits per heavy atom. The van der Waals surface area contributed by atoms with Crippen molar-refractivity contribution in [2.75, 3.05) is 6.54 Å². The van der Waals surface area contributed by atoms with Gasteiger partial charge in [0.05, 0.1) is 0 Å². The van der Waals surface area contributed by atoms with E-state index in [-0.39, 0.29) is 5.82 Å². The molecule has 0 saturated heterocycles. The molecule has 138 valence electrons. The lowest BCUT2D eigenvalue weighted by molar-refractivity contribution is 0.361. The first-order valence-corrected chi connectivity index (χ1v) is 9.21. The normalized spacial score (nSPS) is 13.3. The second kappa shape index (κ2) is 7.35. The minimum Gasteiger partial charge on any atom is -0.369 e. The molecule has 0 N–H and O–H groups in total. The van der Waals surface area contributed by atoms with Crippen LogP contribution in [-0.2, 0) is 13.0 Å². The van der Waals surface area contributed by atoms with Crippen molar-refractivity contribution < 1.29 is 8.91 Å². The second-order valence-electron chi connectivity index (χ2n) is 7.34. The molecule has 0 fully saturated rings. The lowest BCUT2D eigenvalue weighted by Crippen LogP contribution is -2.24. The van der Waals surface area contributed by atoms with Crippen molar-refractivity contribution in [1.82, 2.24) is 15.0 Å². The van der Waals surface area contributed by atoms with Crippen molar-refractivity contribution in [2.24, 2.45) is 5.92 Å². The minimum atomic E-state index is -0.253. The number of nitrogens with zero attached hydrogens (tertiary/aromatic N) is 3. The van der Waals surface area contributed by atoms with E-state index in [0.717, 1.165) is 18.5 Å². The quantitative estimate of drug-likeness (QED) is 0.613. The maximum atomic E-state index is 14.4. The molecule has 4 rings (SSSR count). The molecule has 4 nitrogen and oxygen atoms in total. The fourth-order valence-electron chi connectivity index (χ4n) is 3.12. The average molecular weight is 363 g/mol. The molecule has 0 saturated carbocycles. The third kappa shape index (κ3) is 3.92. The zero-order valence-electron chi connectivity index (χ0n) is 15.5.